The number of hydrogen-bond donors (Lipinski definition) is 1. The molecule has 0 spiro atoms. The second-order valence-electron chi connectivity index (χ2n) is 6.07. The van der Waals surface area contributed by atoms with Gasteiger partial charge in [0.15, 0.2) is 5.96 Å². The number of nitrogens with zero attached hydrogens (tertiary/aromatic N) is 4. The summed E-state index contributed by atoms with van der Waals surface area (Å²) in [6, 6.07) is 0.286. The van der Waals surface area contributed by atoms with Gasteiger partial charge >= 0.3 is 0 Å². The molecule has 2 aliphatic rings. The van der Waals surface area contributed by atoms with Crippen molar-refractivity contribution in [3.8, 4) is 0 Å². The molecule has 8 heteroatoms. The molecule has 1 N–H and O–H groups in total. The van der Waals surface area contributed by atoms with Crippen LogP contribution in [-0.2, 0) is 9.59 Å². The van der Waals surface area contributed by atoms with E-state index in [0.717, 1.165) is 44.3 Å². The Bertz CT molecular complexity index is 469. The van der Waals surface area contributed by atoms with Crippen molar-refractivity contribution in [2.45, 2.75) is 18.9 Å². The number of guanidine groups is 1. The summed E-state index contributed by atoms with van der Waals surface area (Å²) in [5.41, 5.74) is 0. The Hall–Kier alpha value is -1.44. The largest absolute Gasteiger partial charge is 0.355 e. The third-order valence-corrected chi connectivity index (χ3v) is 4.86. The van der Waals surface area contributed by atoms with Gasteiger partial charge in [-0.15, -0.1) is 0 Å². The SMILES string of the molecule is CSCCNC(=NCC(=O)N(C)C)N1CCN2C(=O)CCC2C1. The summed E-state index contributed by atoms with van der Waals surface area (Å²) >= 11 is 1.77. The maximum absolute atomic E-state index is 11.8. The number of thioether (sulfide) groups is 1. The zero-order valence-electron chi connectivity index (χ0n) is 14.2. The van der Waals surface area contributed by atoms with Gasteiger partial charge in [-0.1, -0.05) is 0 Å². The molecule has 2 fully saturated rings. The first-order valence-corrected chi connectivity index (χ1v) is 9.44. The summed E-state index contributed by atoms with van der Waals surface area (Å²) < 4.78 is 0. The Labute approximate surface area is 142 Å². The highest BCUT2D eigenvalue weighted by molar-refractivity contribution is 7.98. The van der Waals surface area contributed by atoms with E-state index in [1.807, 2.05) is 4.90 Å². The molecule has 23 heavy (non-hydrogen) atoms. The quantitative estimate of drug-likeness (QED) is 0.422. The Kier molecular flexibility index (Phi) is 6.56. The van der Waals surface area contributed by atoms with Gasteiger partial charge in [0.05, 0.1) is 0 Å². The van der Waals surface area contributed by atoms with Gasteiger partial charge < -0.3 is 20.0 Å². The van der Waals surface area contributed by atoms with E-state index in [1.165, 1.54) is 0 Å². The molecule has 0 aromatic heterocycles. The van der Waals surface area contributed by atoms with E-state index in [2.05, 4.69) is 21.5 Å². The van der Waals surface area contributed by atoms with Crippen molar-refractivity contribution in [2.24, 2.45) is 4.99 Å². The lowest BCUT2D eigenvalue weighted by molar-refractivity contribution is -0.130. The molecule has 0 aliphatic carbocycles. The number of amides is 2. The number of hydrogen-bond acceptors (Lipinski definition) is 4. The molecule has 2 rings (SSSR count). The number of rotatable bonds is 5. The number of piperazine rings is 1. The highest BCUT2D eigenvalue weighted by Gasteiger charge is 2.36. The first-order valence-electron chi connectivity index (χ1n) is 8.04. The zero-order valence-corrected chi connectivity index (χ0v) is 15.1. The summed E-state index contributed by atoms with van der Waals surface area (Å²) in [5.74, 6) is 2.03. The van der Waals surface area contributed by atoms with Gasteiger partial charge in [-0.3, -0.25) is 9.59 Å². The van der Waals surface area contributed by atoms with Crippen LogP contribution in [0.3, 0.4) is 0 Å². The molecule has 2 saturated heterocycles. The van der Waals surface area contributed by atoms with Gasteiger partial charge in [0.25, 0.3) is 0 Å². The van der Waals surface area contributed by atoms with Gasteiger partial charge in [-0.05, 0) is 12.7 Å². The van der Waals surface area contributed by atoms with Crippen molar-refractivity contribution in [2.75, 3.05) is 58.8 Å². The smallest absolute Gasteiger partial charge is 0.243 e. The molecule has 7 nitrogen and oxygen atoms in total. The molecule has 2 heterocycles. The predicted octanol–water partition coefficient (Wildman–Crippen LogP) is -0.310. The monoisotopic (exact) mass is 341 g/mol. The minimum absolute atomic E-state index is 0.0103. The van der Waals surface area contributed by atoms with Crippen molar-refractivity contribution in [3.05, 3.63) is 0 Å². The minimum Gasteiger partial charge on any atom is -0.355 e. The van der Waals surface area contributed by atoms with E-state index in [0.29, 0.717) is 6.42 Å². The van der Waals surface area contributed by atoms with E-state index in [1.54, 1.807) is 30.8 Å². The molecule has 2 amide bonds. The molecular weight excluding hydrogens is 314 g/mol. The zero-order chi connectivity index (χ0) is 16.8. The lowest BCUT2D eigenvalue weighted by Crippen LogP contribution is -2.56. The maximum atomic E-state index is 11.8. The topological polar surface area (TPSA) is 68.2 Å². The van der Waals surface area contributed by atoms with Gasteiger partial charge in [0, 0.05) is 58.5 Å². The predicted molar refractivity (Wildman–Crippen MR) is 93.7 cm³/mol. The number of fused-ring (bicyclic) bond motifs is 1. The van der Waals surface area contributed by atoms with Crippen LogP contribution in [-0.4, -0.2) is 97.3 Å². The summed E-state index contributed by atoms with van der Waals surface area (Å²) in [6.45, 7) is 3.28. The third-order valence-electron chi connectivity index (χ3n) is 4.25. The van der Waals surface area contributed by atoms with E-state index in [-0.39, 0.29) is 24.4 Å². The van der Waals surface area contributed by atoms with Crippen molar-refractivity contribution in [3.63, 3.8) is 0 Å². The van der Waals surface area contributed by atoms with Gasteiger partial charge in [-0.25, -0.2) is 4.99 Å². The van der Waals surface area contributed by atoms with Crippen LogP contribution in [0.25, 0.3) is 0 Å². The Morgan fingerprint density at radius 2 is 2.22 bits per heavy atom. The number of carbonyl (C=O) groups is 2. The number of likely N-dealkylation sites (N-methyl/N-ethyl adjacent to an activating group) is 1. The Balaban J connectivity index is 1.99. The van der Waals surface area contributed by atoms with Crippen molar-refractivity contribution in [1.82, 2.24) is 20.0 Å². The summed E-state index contributed by atoms with van der Waals surface area (Å²) in [6.07, 6.45) is 3.64. The molecule has 130 valence electrons. The van der Waals surface area contributed by atoms with E-state index in [9.17, 15) is 9.59 Å². The summed E-state index contributed by atoms with van der Waals surface area (Å²) in [4.78, 5) is 33.8. The average molecular weight is 341 g/mol. The number of nitrogens with one attached hydrogen (secondary N) is 1. The first-order chi connectivity index (χ1) is 11.0. The van der Waals surface area contributed by atoms with Crippen LogP contribution in [0.1, 0.15) is 12.8 Å². The molecule has 0 saturated carbocycles. The van der Waals surface area contributed by atoms with Crippen LogP contribution >= 0.6 is 11.8 Å². The van der Waals surface area contributed by atoms with Gasteiger partial charge in [-0.2, -0.15) is 11.8 Å². The van der Waals surface area contributed by atoms with Crippen LogP contribution in [0, 0.1) is 0 Å². The molecule has 1 unspecified atom stereocenters. The van der Waals surface area contributed by atoms with Crippen LogP contribution < -0.4 is 5.32 Å². The normalized spacial score (nSPS) is 21.4. The van der Waals surface area contributed by atoms with Crippen LogP contribution in [0.2, 0.25) is 0 Å². The van der Waals surface area contributed by atoms with Gasteiger partial charge in [0.1, 0.15) is 6.54 Å². The molecular formula is C15H27N5O2S. The van der Waals surface area contributed by atoms with Crippen molar-refractivity contribution in [1.29, 1.82) is 0 Å². The molecule has 0 bridgehead atoms. The highest BCUT2D eigenvalue weighted by Crippen LogP contribution is 2.22. The minimum atomic E-state index is -0.0103. The Morgan fingerprint density at radius 1 is 1.43 bits per heavy atom. The molecule has 0 aromatic rings. The lowest BCUT2D eigenvalue weighted by atomic mass is 10.1. The molecule has 2 aliphatic heterocycles. The fourth-order valence-electron chi connectivity index (χ4n) is 2.87. The number of aliphatic imine (C=N–C) groups is 1. The summed E-state index contributed by atoms with van der Waals surface area (Å²) in [7, 11) is 3.48. The fraction of sp³-hybridized carbons (Fsp3) is 0.800. The lowest BCUT2D eigenvalue weighted by Gasteiger charge is -2.39. The second kappa shape index (κ2) is 8.42. The molecule has 0 aromatic carbocycles. The van der Waals surface area contributed by atoms with Crippen molar-refractivity contribution >= 4 is 29.5 Å². The van der Waals surface area contributed by atoms with Crippen LogP contribution in [0.5, 0.6) is 0 Å². The van der Waals surface area contributed by atoms with E-state index >= 15 is 0 Å². The second-order valence-corrected chi connectivity index (χ2v) is 7.06. The first kappa shape index (κ1) is 17.9. The van der Waals surface area contributed by atoms with Gasteiger partial charge in [0.2, 0.25) is 11.8 Å². The van der Waals surface area contributed by atoms with Crippen LogP contribution in [0.4, 0.5) is 0 Å². The fourth-order valence-corrected chi connectivity index (χ4v) is 3.18. The highest BCUT2D eigenvalue weighted by atomic mass is 32.2. The third kappa shape index (κ3) is 4.76. The van der Waals surface area contributed by atoms with Crippen molar-refractivity contribution < 1.29 is 9.59 Å². The van der Waals surface area contributed by atoms with E-state index < -0.39 is 0 Å². The summed E-state index contributed by atoms with van der Waals surface area (Å²) in [5, 5.41) is 3.36. The van der Waals surface area contributed by atoms with Crippen LogP contribution in [0.15, 0.2) is 4.99 Å². The maximum Gasteiger partial charge on any atom is 0.243 e. The standard InChI is InChI=1S/C15H27N5O2S/c1-18(2)14(22)10-17-15(16-6-9-23-3)19-7-8-20-12(11-19)4-5-13(20)21/h12H,4-11H2,1-3H3,(H,16,17). The van der Waals surface area contributed by atoms with E-state index in [4.69, 9.17) is 0 Å². The average Bonchev–Trinajstić information content (AvgIpc) is 2.91. The molecule has 0 radical (unpaired) electrons. The Morgan fingerprint density at radius 3 is 2.91 bits per heavy atom. The number of carbonyl (C=O) groups excluding carboxylic acids is 2. The molecule has 1 atom stereocenters.